The molecule has 0 aliphatic heterocycles. The van der Waals surface area contributed by atoms with Crippen LogP contribution in [-0.2, 0) is 6.54 Å². The van der Waals surface area contributed by atoms with Gasteiger partial charge in [0.2, 0.25) is 0 Å². The maximum atomic E-state index is 13.1. The Bertz CT molecular complexity index is 1550. The van der Waals surface area contributed by atoms with E-state index in [0.29, 0.717) is 30.2 Å². The highest BCUT2D eigenvalue weighted by molar-refractivity contribution is 5.95. The molecular formula is C30H29N3O4. The average molecular weight is 496 g/mol. The van der Waals surface area contributed by atoms with Crippen molar-refractivity contribution >= 4 is 27.7 Å². The molecule has 7 heteroatoms. The van der Waals surface area contributed by atoms with Gasteiger partial charge in [0.15, 0.2) is 11.5 Å². The van der Waals surface area contributed by atoms with Crippen LogP contribution in [0.4, 0.5) is 0 Å². The van der Waals surface area contributed by atoms with Crippen molar-refractivity contribution in [1.29, 1.82) is 0 Å². The van der Waals surface area contributed by atoms with Crippen LogP contribution < -0.4 is 19.5 Å². The molecule has 0 fully saturated rings. The summed E-state index contributed by atoms with van der Waals surface area (Å²) in [4.78, 5) is 17.9. The summed E-state index contributed by atoms with van der Waals surface area (Å²) in [5.41, 5.74) is 2.34. The van der Waals surface area contributed by atoms with E-state index in [1.807, 2.05) is 55.5 Å². The maximum absolute atomic E-state index is 13.1. The maximum Gasteiger partial charge on any atom is 0.251 e. The first-order valence-electron chi connectivity index (χ1n) is 12.2. The molecule has 1 heterocycles. The Balaban J connectivity index is 1.37. The Kier molecular flexibility index (Phi) is 6.94. The largest absolute Gasteiger partial charge is 0.493 e. The number of rotatable bonds is 9. The van der Waals surface area contributed by atoms with Crippen molar-refractivity contribution < 1.29 is 19.0 Å². The molecule has 0 spiro atoms. The van der Waals surface area contributed by atoms with Crippen molar-refractivity contribution in [3.63, 3.8) is 0 Å². The number of nitrogens with zero attached hydrogens (tertiary/aromatic N) is 2. The van der Waals surface area contributed by atoms with E-state index in [0.717, 1.165) is 33.4 Å². The summed E-state index contributed by atoms with van der Waals surface area (Å²) in [6.07, 6.45) is 0. The van der Waals surface area contributed by atoms with Crippen molar-refractivity contribution in [2.75, 3.05) is 20.8 Å². The number of amides is 1. The van der Waals surface area contributed by atoms with Gasteiger partial charge in [0.05, 0.1) is 37.8 Å². The molecule has 37 heavy (non-hydrogen) atoms. The van der Waals surface area contributed by atoms with Crippen LogP contribution in [-0.4, -0.2) is 36.3 Å². The molecule has 0 aliphatic carbocycles. The summed E-state index contributed by atoms with van der Waals surface area (Å²) in [5.74, 6) is 2.45. The predicted molar refractivity (Wildman–Crippen MR) is 145 cm³/mol. The van der Waals surface area contributed by atoms with Crippen LogP contribution >= 0.6 is 0 Å². The van der Waals surface area contributed by atoms with Crippen LogP contribution in [0.1, 0.15) is 29.1 Å². The number of ether oxygens (including phenoxy) is 3. The summed E-state index contributed by atoms with van der Waals surface area (Å²) < 4.78 is 19.0. The van der Waals surface area contributed by atoms with Gasteiger partial charge in [-0.05, 0) is 48.7 Å². The molecule has 1 N–H and O–H groups in total. The molecule has 7 nitrogen and oxygen atoms in total. The molecule has 0 saturated heterocycles. The number of hydrogen-bond acceptors (Lipinski definition) is 5. The molecule has 4 aromatic carbocycles. The van der Waals surface area contributed by atoms with Gasteiger partial charge >= 0.3 is 0 Å². The Morgan fingerprint density at radius 3 is 2.49 bits per heavy atom. The summed E-state index contributed by atoms with van der Waals surface area (Å²) in [5, 5.41) is 5.29. The molecule has 1 unspecified atom stereocenters. The van der Waals surface area contributed by atoms with Gasteiger partial charge in [0.25, 0.3) is 5.91 Å². The molecule has 188 valence electrons. The lowest BCUT2D eigenvalue weighted by Gasteiger charge is -2.17. The number of imidazole rings is 1. The Hall–Kier alpha value is -4.52. The summed E-state index contributed by atoms with van der Waals surface area (Å²) in [6.45, 7) is 2.97. The number of carbonyl (C=O) groups is 1. The lowest BCUT2D eigenvalue weighted by molar-refractivity contribution is 0.0937. The van der Waals surface area contributed by atoms with Crippen LogP contribution in [0.2, 0.25) is 0 Å². The van der Waals surface area contributed by atoms with E-state index in [1.54, 1.807) is 32.4 Å². The highest BCUT2D eigenvalue weighted by Crippen LogP contribution is 2.29. The fraction of sp³-hybridized carbons (Fsp3) is 0.200. The average Bonchev–Trinajstić information content (AvgIpc) is 3.31. The zero-order chi connectivity index (χ0) is 25.8. The van der Waals surface area contributed by atoms with Crippen LogP contribution in [0.25, 0.3) is 21.8 Å². The molecule has 1 atom stereocenters. The second kappa shape index (κ2) is 10.6. The molecular weight excluding hydrogens is 466 g/mol. The smallest absolute Gasteiger partial charge is 0.251 e. The third-order valence-corrected chi connectivity index (χ3v) is 6.39. The van der Waals surface area contributed by atoms with E-state index >= 15 is 0 Å². The van der Waals surface area contributed by atoms with Crippen LogP contribution in [0.5, 0.6) is 17.2 Å². The van der Waals surface area contributed by atoms with Crippen molar-refractivity contribution in [3.05, 3.63) is 96.3 Å². The van der Waals surface area contributed by atoms with E-state index in [4.69, 9.17) is 19.2 Å². The lowest BCUT2D eigenvalue weighted by Crippen LogP contribution is -2.29. The lowest BCUT2D eigenvalue weighted by atomic mass is 10.1. The Morgan fingerprint density at radius 1 is 0.892 bits per heavy atom. The Morgan fingerprint density at radius 2 is 1.65 bits per heavy atom. The van der Waals surface area contributed by atoms with Crippen LogP contribution in [0.3, 0.4) is 0 Å². The molecule has 0 bridgehead atoms. The number of nitrogens with one attached hydrogen (secondary N) is 1. The molecule has 1 aromatic heterocycles. The van der Waals surface area contributed by atoms with Gasteiger partial charge < -0.3 is 24.1 Å². The van der Waals surface area contributed by atoms with Gasteiger partial charge in [0.1, 0.15) is 18.2 Å². The van der Waals surface area contributed by atoms with E-state index in [9.17, 15) is 4.79 Å². The fourth-order valence-corrected chi connectivity index (χ4v) is 4.55. The SMILES string of the molecule is COc1ccc(C(=O)NC(C)c2nc3ccccc3n2CCOc2cccc3ccccc23)cc1OC. The monoisotopic (exact) mass is 495 g/mol. The van der Waals surface area contributed by atoms with Gasteiger partial charge in [-0.2, -0.15) is 0 Å². The summed E-state index contributed by atoms with van der Waals surface area (Å²) in [6, 6.07) is 27.0. The van der Waals surface area contributed by atoms with Crippen molar-refractivity contribution in [3.8, 4) is 17.2 Å². The van der Waals surface area contributed by atoms with Crippen molar-refractivity contribution in [2.45, 2.75) is 19.5 Å². The number of hydrogen-bond donors (Lipinski definition) is 1. The predicted octanol–water partition coefficient (Wildman–Crippen LogP) is 5.78. The number of benzene rings is 4. The van der Waals surface area contributed by atoms with Gasteiger partial charge in [0, 0.05) is 10.9 Å². The minimum Gasteiger partial charge on any atom is -0.493 e. The Labute approximate surface area is 215 Å². The molecule has 5 aromatic rings. The second-order valence-corrected chi connectivity index (χ2v) is 8.70. The van der Waals surface area contributed by atoms with Crippen molar-refractivity contribution in [2.24, 2.45) is 0 Å². The summed E-state index contributed by atoms with van der Waals surface area (Å²) in [7, 11) is 3.11. The number of carbonyl (C=O) groups excluding carboxylic acids is 1. The first kappa shape index (κ1) is 24.2. The van der Waals surface area contributed by atoms with Crippen molar-refractivity contribution in [1.82, 2.24) is 14.9 Å². The third kappa shape index (κ3) is 4.93. The standard InChI is InChI=1S/C30H29N3O4/c1-20(31-30(34)22-15-16-27(35-2)28(19-22)36-3)29-32-24-12-6-7-13-25(24)33(29)17-18-37-26-14-8-10-21-9-4-5-11-23(21)26/h4-16,19-20H,17-18H2,1-3H3,(H,31,34). The van der Waals surface area contributed by atoms with Gasteiger partial charge in [-0.15, -0.1) is 0 Å². The number of fused-ring (bicyclic) bond motifs is 2. The molecule has 0 aliphatic rings. The minimum atomic E-state index is -0.342. The zero-order valence-corrected chi connectivity index (χ0v) is 21.1. The van der Waals surface area contributed by atoms with Crippen LogP contribution in [0.15, 0.2) is 84.9 Å². The van der Waals surface area contributed by atoms with Gasteiger partial charge in [-0.1, -0.05) is 48.5 Å². The third-order valence-electron chi connectivity index (χ3n) is 6.39. The molecule has 1 amide bonds. The van der Waals surface area contributed by atoms with E-state index in [1.165, 1.54) is 0 Å². The molecule has 0 radical (unpaired) electrons. The second-order valence-electron chi connectivity index (χ2n) is 8.70. The highest BCUT2D eigenvalue weighted by atomic mass is 16.5. The highest BCUT2D eigenvalue weighted by Gasteiger charge is 2.20. The van der Waals surface area contributed by atoms with E-state index in [-0.39, 0.29) is 11.9 Å². The quantitative estimate of drug-likeness (QED) is 0.281. The van der Waals surface area contributed by atoms with Crippen LogP contribution in [0, 0.1) is 0 Å². The first-order valence-corrected chi connectivity index (χ1v) is 12.2. The fourth-order valence-electron chi connectivity index (χ4n) is 4.55. The zero-order valence-electron chi connectivity index (χ0n) is 21.1. The first-order chi connectivity index (χ1) is 18.1. The molecule has 5 rings (SSSR count). The van der Waals surface area contributed by atoms with E-state index in [2.05, 4.69) is 28.1 Å². The normalized spacial score (nSPS) is 11.9. The topological polar surface area (TPSA) is 74.6 Å². The minimum absolute atomic E-state index is 0.223. The number of aromatic nitrogens is 2. The summed E-state index contributed by atoms with van der Waals surface area (Å²) >= 11 is 0. The van der Waals surface area contributed by atoms with E-state index < -0.39 is 0 Å². The number of methoxy groups -OCH3 is 2. The number of para-hydroxylation sites is 2. The van der Waals surface area contributed by atoms with Gasteiger partial charge in [-0.25, -0.2) is 4.98 Å². The van der Waals surface area contributed by atoms with Gasteiger partial charge in [-0.3, -0.25) is 4.79 Å². The molecule has 0 saturated carbocycles.